The van der Waals surface area contributed by atoms with Crippen molar-refractivity contribution in [3.63, 3.8) is 0 Å². The Hall–Kier alpha value is -0.870. The Bertz CT molecular complexity index is 470. The molecule has 110 valence electrons. The molecule has 1 amide bonds. The number of nitrogens with zero attached hydrogens (tertiary/aromatic N) is 1. The quantitative estimate of drug-likeness (QED) is 0.912. The Balaban J connectivity index is 1.87. The lowest BCUT2D eigenvalue weighted by molar-refractivity contribution is 0.0925. The predicted molar refractivity (Wildman–Crippen MR) is 86.1 cm³/mol. The molecule has 0 saturated carbocycles. The number of likely N-dealkylation sites (tertiary alicyclic amines) is 1. The van der Waals surface area contributed by atoms with Crippen LogP contribution in [0.1, 0.15) is 42.1 Å². The lowest BCUT2D eigenvalue weighted by Gasteiger charge is -2.29. The van der Waals surface area contributed by atoms with Gasteiger partial charge in [0.15, 0.2) is 0 Å². The molecule has 0 aliphatic carbocycles. The first-order chi connectivity index (χ1) is 9.56. The number of hydrogen-bond donors (Lipinski definition) is 1. The van der Waals surface area contributed by atoms with Crippen LogP contribution in [0.25, 0.3) is 0 Å². The molecule has 3 nitrogen and oxygen atoms in total. The summed E-state index contributed by atoms with van der Waals surface area (Å²) >= 11 is 3.46. The average molecular weight is 339 g/mol. The molecule has 1 atom stereocenters. The number of carbonyl (C=O) groups excluding carboxylic acids is 1. The molecular formula is C16H23BrN2O. The Morgan fingerprint density at radius 1 is 1.35 bits per heavy atom. The van der Waals surface area contributed by atoms with Crippen LogP contribution < -0.4 is 5.32 Å². The molecular weight excluding hydrogens is 316 g/mol. The van der Waals surface area contributed by atoms with E-state index in [4.69, 9.17) is 0 Å². The lowest BCUT2D eigenvalue weighted by Crippen LogP contribution is -2.43. The summed E-state index contributed by atoms with van der Waals surface area (Å²) in [5.74, 6) is 0.0186. The van der Waals surface area contributed by atoms with Crippen LogP contribution in [0.2, 0.25) is 0 Å². The molecule has 2 rings (SSSR count). The minimum Gasteiger partial charge on any atom is -0.348 e. The van der Waals surface area contributed by atoms with Crippen molar-refractivity contribution in [3.05, 3.63) is 33.8 Å². The highest BCUT2D eigenvalue weighted by Gasteiger charge is 2.15. The maximum atomic E-state index is 12.2. The number of rotatable bonds is 4. The van der Waals surface area contributed by atoms with Crippen molar-refractivity contribution in [2.75, 3.05) is 19.6 Å². The van der Waals surface area contributed by atoms with Crippen LogP contribution in [0.3, 0.4) is 0 Å². The third-order valence-electron chi connectivity index (χ3n) is 3.78. The monoisotopic (exact) mass is 338 g/mol. The van der Waals surface area contributed by atoms with Gasteiger partial charge in [0.1, 0.15) is 0 Å². The normalized spacial score (nSPS) is 17.8. The van der Waals surface area contributed by atoms with E-state index < -0.39 is 0 Å². The van der Waals surface area contributed by atoms with Crippen LogP contribution in [0.5, 0.6) is 0 Å². The third kappa shape index (κ3) is 4.32. The van der Waals surface area contributed by atoms with E-state index in [9.17, 15) is 4.79 Å². The number of piperidine rings is 1. The molecule has 1 aliphatic heterocycles. The van der Waals surface area contributed by atoms with E-state index in [0.29, 0.717) is 0 Å². The van der Waals surface area contributed by atoms with Crippen molar-refractivity contribution in [1.82, 2.24) is 10.2 Å². The van der Waals surface area contributed by atoms with Gasteiger partial charge in [-0.1, -0.05) is 22.4 Å². The van der Waals surface area contributed by atoms with Gasteiger partial charge in [-0.3, -0.25) is 4.79 Å². The van der Waals surface area contributed by atoms with E-state index in [2.05, 4.69) is 33.1 Å². The van der Waals surface area contributed by atoms with Gasteiger partial charge in [-0.2, -0.15) is 0 Å². The molecule has 1 aliphatic rings. The van der Waals surface area contributed by atoms with Gasteiger partial charge in [-0.25, -0.2) is 0 Å². The molecule has 1 N–H and O–H groups in total. The van der Waals surface area contributed by atoms with Gasteiger partial charge in [-0.15, -0.1) is 0 Å². The van der Waals surface area contributed by atoms with Crippen molar-refractivity contribution in [1.29, 1.82) is 0 Å². The second-order valence-electron chi connectivity index (χ2n) is 5.70. The molecule has 1 saturated heterocycles. The molecule has 1 heterocycles. The fourth-order valence-corrected chi connectivity index (χ4v) is 2.91. The van der Waals surface area contributed by atoms with Gasteiger partial charge in [0.2, 0.25) is 0 Å². The third-order valence-corrected chi connectivity index (χ3v) is 4.67. The molecule has 0 aromatic heterocycles. The van der Waals surface area contributed by atoms with Crippen molar-refractivity contribution in [3.8, 4) is 0 Å². The maximum absolute atomic E-state index is 12.2. The number of benzene rings is 1. The van der Waals surface area contributed by atoms with Crippen LogP contribution in [-0.4, -0.2) is 36.5 Å². The molecule has 0 spiro atoms. The van der Waals surface area contributed by atoms with E-state index in [1.54, 1.807) is 0 Å². The van der Waals surface area contributed by atoms with E-state index in [1.807, 2.05) is 25.1 Å². The predicted octanol–water partition coefficient (Wildman–Crippen LogP) is 3.36. The Morgan fingerprint density at radius 2 is 2.05 bits per heavy atom. The fourth-order valence-electron chi connectivity index (χ4n) is 2.67. The minimum atomic E-state index is 0.0186. The van der Waals surface area contributed by atoms with Gasteiger partial charge in [0.25, 0.3) is 5.91 Å². The highest BCUT2D eigenvalue weighted by molar-refractivity contribution is 9.10. The molecule has 1 aromatic rings. The summed E-state index contributed by atoms with van der Waals surface area (Å²) in [5, 5.41) is 3.09. The summed E-state index contributed by atoms with van der Waals surface area (Å²) in [4.78, 5) is 14.7. The molecule has 20 heavy (non-hydrogen) atoms. The fraction of sp³-hybridized carbons (Fsp3) is 0.562. The summed E-state index contributed by atoms with van der Waals surface area (Å²) in [6, 6.07) is 5.90. The van der Waals surface area contributed by atoms with Crippen molar-refractivity contribution in [2.24, 2.45) is 0 Å². The zero-order valence-electron chi connectivity index (χ0n) is 12.3. The largest absolute Gasteiger partial charge is 0.348 e. The number of aryl methyl sites for hydroxylation is 1. The van der Waals surface area contributed by atoms with Gasteiger partial charge in [0.05, 0.1) is 0 Å². The number of nitrogens with one attached hydrogen (secondary N) is 1. The molecule has 1 unspecified atom stereocenters. The number of carbonyl (C=O) groups is 1. The van der Waals surface area contributed by atoms with E-state index >= 15 is 0 Å². The Kier molecular flexibility index (Phi) is 5.61. The first-order valence-corrected chi connectivity index (χ1v) is 8.15. The van der Waals surface area contributed by atoms with Gasteiger partial charge in [0, 0.05) is 22.6 Å². The maximum Gasteiger partial charge on any atom is 0.251 e. The Labute approximate surface area is 129 Å². The summed E-state index contributed by atoms with van der Waals surface area (Å²) in [5.41, 5.74) is 1.82. The zero-order chi connectivity index (χ0) is 14.5. The molecule has 0 bridgehead atoms. The summed E-state index contributed by atoms with van der Waals surface area (Å²) in [6.07, 6.45) is 3.91. The van der Waals surface area contributed by atoms with Gasteiger partial charge >= 0.3 is 0 Å². The van der Waals surface area contributed by atoms with Crippen molar-refractivity contribution < 1.29 is 4.79 Å². The highest BCUT2D eigenvalue weighted by Crippen LogP contribution is 2.17. The second-order valence-corrected chi connectivity index (χ2v) is 6.55. The van der Waals surface area contributed by atoms with Crippen LogP contribution in [0.4, 0.5) is 0 Å². The standard InChI is InChI=1S/C16H23BrN2O/c1-12-10-14(6-7-15(12)17)16(20)18-13(2)11-19-8-4-3-5-9-19/h6-7,10,13H,3-5,8-9,11H2,1-2H3,(H,18,20). The number of hydrogen-bond acceptors (Lipinski definition) is 2. The molecule has 1 fully saturated rings. The first kappa shape index (κ1) is 15.5. The van der Waals surface area contributed by atoms with Gasteiger partial charge < -0.3 is 10.2 Å². The SMILES string of the molecule is Cc1cc(C(=O)NC(C)CN2CCCCC2)ccc1Br. The summed E-state index contributed by atoms with van der Waals surface area (Å²) < 4.78 is 1.04. The highest BCUT2D eigenvalue weighted by atomic mass is 79.9. The van der Waals surface area contributed by atoms with E-state index in [0.717, 1.165) is 35.2 Å². The van der Waals surface area contributed by atoms with Crippen LogP contribution >= 0.6 is 15.9 Å². The molecule has 1 aromatic carbocycles. The first-order valence-electron chi connectivity index (χ1n) is 7.35. The zero-order valence-corrected chi connectivity index (χ0v) is 13.9. The molecule has 0 radical (unpaired) electrons. The van der Waals surface area contributed by atoms with Crippen molar-refractivity contribution >= 4 is 21.8 Å². The van der Waals surface area contributed by atoms with Crippen molar-refractivity contribution in [2.45, 2.75) is 39.2 Å². The van der Waals surface area contributed by atoms with E-state index in [-0.39, 0.29) is 11.9 Å². The van der Waals surface area contributed by atoms with Crippen LogP contribution in [0, 0.1) is 6.92 Å². The number of halogens is 1. The average Bonchev–Trinajstić information content (AvgIpc) is 2.42. The second kappa shape index (κ2) is 7.23. The summed E-state index contributed by atoms with van der Waals surface area (Å²) in [7, 11) is 0. The minimum absolute atomic E-state index is 0.0186. The van der Waals surface area contributed by atoms with E-state index in [1.165, 1.54) is 19.3 Å². The number of amides is 1. The van der Waals surface area contributed by atoms with Gasteiger partial charge in [-0.05, 0) is 63.5 Å². The van der Waals surface area contributed by atoms with Crippen LogP contribution in [-0.2, 0) is 0 Å². The molecule has 4 heteroatoms. The topological polar surface area (TPSA) is 32.3 Å². The summed E-state index contributed by atoms with van der Waals surface area (Å²) in [6.45, 7) is 7.35. The smallest absolute Gasteiger partial charge is 0.251 e. The lowest BCUT2D eigenvalue weighted by atomic mass is 10.1. The Morgan fingerprint density at radius 3 is 2.70 bits per heavy atom. The van der Waals surface area contributed by atoms with Crippen LogP contribution in [0.15, 0.2) is 22.7 Å².